The molecule has 6 rings (SSSR count). The average Bonchev–Trinajstić information content (AvgIpc) is 3.74. The van der Waals surface area contributed by atoms with Crippen LogP contribution in [0, 0.1) is 18.8 Å². The van der Waals surface area contributed by atoms with Crippen LogP contribution in [0.25, 0.3) is 11.3 Å². The van der Waals surface area contributed by atoms with Crippen molar-refractivity contribution in [2.45, 2.75) is 83.2 Å². The standard InChI is InChI=1S/C34H40F3N3O4/c1-20-17-28(39(4)38-20)25-9-10-29(44-34(35,36)37)27(18-25)22(3)40-15-13-33(14-16-40)12-11-23-5-8-26(19-30(23)43-33)31(24-6-7-24)21(2)32(41)42/h5,8-10,17-19,21-22,24,31H,6-7,11-16H2,1-4H3,(H,41,42)/t21-,22?,31?/m0/s1. The van der Waals surface area contributed by atoms with Gasteiger partial charge in [0.25, 0.3) is 0 Å². The minimum Gasteiger partial charge on any atom is -0.487 e. The van der Waals surface area contributed by atoms with Crippen molar-refractivity contribution in [1.82, 2.24) is 14.7 Å². The first-order chi connectivity index (χ1) is 20.8. The molecule has 236 valence electrons. The average molecular weight is 612 g/mol. The summed E-state index contributed by atoms with van der Waals surface area (Å²) in [5.41, 5.74) is 4.73. The van der Waals surface area contributed by atoms with E-state index in [1.807, 2.05) is 27.0 Å². The Labute approximate surface area is 256 Å². The van der Waals surface area contributed by atoms with Gasteiger partial charge in [0.05, 0.1) is 17.3 Å². The second-order valence-corrected chi connectivity index (χ2v) is 12.9. The third kappa shape index (κ3) is 6.18. The number of hydrogen-bond acceptors (Lipinski definition) is 5. The van der Waals surface area contributed by atoms with Gasteiger partial charge in [-0.3, -0.25) is 14.4 Å². The van der Waals surface area contributed by atoms with Crippen LogP contribution in [0.4, 0.5) is 13.2 Å². The summed E-state index contributed by atoms with van der Waals surface area (Å²) in [6.45, 7) is 6.93. The molecule has 1 saturated heterocycles. The minimum absolute atomic E-state index is 0.0267. The van der Waals surface area contributed by atoms with Crippen LogP contribution in [-0.4, -0.2) is 50.8 Å². The van der Waals surface area contributed by atoms with E-state index in [1.165, 1.54) is 6.07 Å². The van der Waals surface area contributed by atoms with Crippen LogP contribution in [0.15, 0.2) is 42.5 Å². The Morgan fingerprint density at radius 2 is 1.82 bits per heavy atom. The SMILES string of the molecule is Cc1cc(-c2ccc(OC(F)(F)F)c(C(C)N3CCC4(CCc5ccc(C(C6CC6)[C@H](C)C(=O)O)cc5O4)CC3)c2)n(C)n1. The number of carbonyl (C=O) groups is 1. The number of halogens is 3. The van der Waals surface area contributed by atoms with E-state index in [0.29, 0.717) is 24.6 Å². The quantitative estimate of drug-likeness (QED) is 0.286. The number of aromatic nitrogens is 2. The van der Waals surface area contributed by atoms with E-state index in [-0.39, 0.29) is 23.3 Å². The van der Waals surface area contributed by atoms with Crippen molar-refractivity contribution in [2.75, 3.05) is 13.1 Å². The van der Waals surface area contributed by atoms with E-state index < -0.39 is 18.2 Å². The fourth-order valence-corrected chi connectivity index (χ4v) is 7.31. The predicted octanol–water partition coefficient (Wildman–Crippen LogP) is 7.43. The molecule has 0 amide bonds. The molecule has 1 aliphatic carbocycles. The Kier molecular flexibility index (Phi) is 7.93. The monoisotopic (exact) mass is 611 g/mol. The number of carboxylic acids is 1. The summed E-state index contributed by atoms with van der Waals surface area (Å²) in [6, 6.07) is 12.7. The molecule has 44 heavy (non-hydrogen) atoms. The van der Waals surface area contributed by atoms with E-state index in [4.69, 9.17) is 4.74 Å². The van der Waals surface area contributed by atoms with Crippen molar-refractivity contribution in [3.05, 3.63) is 64.8 Å². The highest BCUT2D eigenvalue weighted by atomic mass is 19.4. The highest BCUT2D eigenvalue weighted by Crippen LogP contribution is 2.49. The van der Waals surface area contributed by atoms with Gasteiger partial charge in [0.15, 0.2) is 0 Å². The third-order valence-corrected chi connectivity index (χ3v) is 9.95. The molecule has 0 bridgehead atoms. The number of carboxylic acid groups (broad SMARTS) is 1. The molecule has 3 aromatic rings. The van der Waals surface area contributed by atoms with E-state index >= 15 is 0 Å². The number of alkyl halides is 3. The number of fused-ring (bicyclic) bond motifs is 1. The number of benzene rings is 2. The first-order valence-corrected chi connectivity index (χ1v) is 15.5. The largest absolute Gasteiger partial charge is 0.573 e. The minimum atomic E-state index is -4.80. The maximum atomic E-state index is 13.4. The second-order valence-electron chi connectivity index (χ2n) is 12.9. The summed E-state index contributed by atoms with van der Waals surface area (Å²) in [5, 5.41) is 14.1. The van der Waals surface area contributed by atoms with Gasteiger partial charge in [-0.2, -0.15) is 5.10 Å². The molecule has 2 unspecified atom stereocenters. The van der Waals surface area contributed by atoms with Crippen LogP contribution in [-0.2, 0) is 18.3 Å². The number of nitrogens with zero attached hydrogens (tertiary/aromatic N) is 3. The lowest BCUT2D eigenvalue weighted by atomic mass is 9.80. The Balaban J connectivity index is 1.20. The summed E-state index contributed by atoms with van der Waals surface area (Å²) < 4.78 is 53.1. The van der Waals surface area contributed by atoms with Gasteiger partial charge in [-0.15, -0.1) is 13.2 Å². The van der Waals surface area contributed by atoms with Crippen LogP contribution < -0.4 is 9.47 Å². The van der Waals surface area contributed by atoms with Gasteiger partial charge in [0, 0.05) is 37.3 Å². The van der Waals surface area contributed by atoms with Crippen LogP contribution in [0.3, 0.4) is 0 Å². The molecular formula is C34H40F3N3O4. The van der Waals surface area contributed by atoms with Gasteiger partial charge in [0.2, 0.25) is 0 Å². The maximum Gasteiger partial charge on any atom is 0.573 e. The Bertz CT molecular complexity index is 1540. The van der Waals surface area contributed by atoms with Gasteiger partial charge in [-0.05, 0) is 106 Å². The van der Waals surface area contributed by atoms with Crippen LogP contribution in [0.1, 0.15) is 80.3 Å². The van der Waals surface area contributed by atoms with Gasteiger partial charge >= 0.3 is 12.3 Å². The molecule has 1 N–H and O–H groups in total. The van der Waals surface area contributed by atoms with Gasteiger partial charge in [0.1, 0.15) is 17.1 Å². The molecule has 10 heteroatoms. The molecule has 3 heterocycles. The number of rotatable bonds is 8. The predicted molar refractivity (Wildman–Crippen MR) is 160 cm³/mol. The fourth-order valence-electron chi connectivity index (χ4n) is 7.31. The zero-order chi connectivity index (χ0) is 31.4. The Morgan fingerprint density at radius 1 is 1.09 bits per heavy atom. The van der Waals surface area contributed by atoms with Gasteiger partial charge in [-0.1, -0.05) is 19.1 Å². The molecule has 7 nitrogen and oxygen atoms in total. The molecule has 0 radical (unpaired) electrons. The number of aryl methyl sites for hydroxylation is 3. The lowest BCUT2D eigenvalue weighted by molar-refractivity contribution is -0.275. The molecule has 3 atom stereocenters. The van der Waals surface area contributed by atoms with Crippen molar-refractivity contribution in [3.8, 4) is 22.8 Å². The molecule has 3 aliphatic rings. The summed E-state index contributed by atoms with van der Waals surface area (Å²) in [4.78, 5) is 14.1. The first-order valence-electron chi connectivity index (χ1n) is 15.5. The molecule has 2 aromatic carbocycles. The molecular weight excluding hydrogens is 571 g/mol. The topological polar surface area (TPSA) is 76.8 Å². The number of ether oxygens (including phenoxy) is 2. The first kappa shape index (κ1) is 30.5. The van der Waals surface area contributed by atoms with Crippen molar-refractivity contribution >= 4 is 5.97 Å². The van der Waals surface area contributed by atoms with E-state index in [2.05, 4.69) is 32.9 Å². The normalized spacial score (nSPS) is 20.4. The van der Waals surface area contributed by atoms with Crippen LogP contribution in [0.2, 0.25) is 0 Å². The highest BCUT2D eigenvalue weighted by molar-refractivity contribution is 5.71. The summed E-state index contributed by atoms with van der Waals surface area (Å²) in [5.74, 6) is -0.213. The Hall–Kier alpha value is -3.53. The number of hydrogen-bond donors (Lipinski definition) is 1. The van der Waals surface area contributed by atoms with Crippen molar-refractivity contribution in [1.29, 1.82) is 0 Å². The van der Waals surface area contributed by atoms with E-state index in [9.17, 15) is 23.1 Å². The summed E-state index contributed by atoms with van der Waals surface area (Å²) in [7, 11) is 1.82. The third-order valence-electron chi connectivity index (χ3n) is 9.95. The molecule has 2 aliphatic heterocycles. The van der Waals surface area contributed by atoms with E-state index in [1.54, 1.807) is 23.7 Å². The van der Waals surface area contributed by atoms with Crippen LogP contribution in [0.5, 0.6) is 11.5 Å². The zero-order valence-corrected chi connectivity index (χ0v) is 25.7. The highest BCUT2D eigenvalue weighted by Gasteiger charge is 2.43. The van der Waals surface area contributed by atoms with E-state index in [0.717, 1.165) is 72.4 Å². The molecule has 1 spiro atoms. The zero-order valence-electron chi connectivity index (χ0n) is 25.7. The lowest BCUT2D eigenvalue weighted by Gasteiger charge is -2.46. The van der Waals surface area contributed by atoms with Crippen molar-refractivity contribution in [3.63, 3.8) is 0 Å². The number of aliphatic carboxylic acids is 1. The maximum absolute atomic E-state index is 13.4. The molecule has 1 aromatic heterocycles. The van der Waals surface area contributed by atoms with Gasteiger partial charge in [-0.25, -0.2) is 0 Å². The van der Waals surface area contributed by atoms with Crippen molar-refractivity contribution in [2.24, 2.45) is 18.9 Å². The smallest absolute Gasteiger partial charge is 0.487 e. The van der Waals surface area contributed by atoms with Crippen LogP contribution >= 0.6 is 0 Å². The molecule has 1 saturated carbocycles. The second kappa shape index (κ2) is 11.4. The van der Waals surface area contributed by atoms with Crippen molar-refractivity contribution < 1.29 is 32.5 Å². The lowest BCUT2D eigenvalue weighted by Crippen LogP contribution is -2.50. The molecule has 2 fully saturated rings. The number of piperidine rings is 1. The number of likely N-dealkylation sites (tertiary alicyclic amines) is 1. The summed E-state index contributed by atoms with van der Waals surface area (Å²) in [6.07, 6.45) is 0.550. The Morgan fingerprint density at radius 3 is 2.43 bits per heavy atom. The summed E-state index contributed by atoms with van der Waals surface area (Å²) >= 11 is 0. The fraction of sp³-hybridized carbons (Fsp3) is 0.529. The van der Waals surface area contributed by atoms with Gasteiger partial charge < -0.3 is 14.6 Å².